The van der Waals surface area contributed by atoms with Crippen molar-refractivity contribution in [1.82, 2.24) is 15.0 Å². The van der Waals surface area contributed by atoms with Crippen LogP contribution in [0.2, 0.25) is 0 Å². The summed E-state index contributed by atoms with van der Waals surface area (Å²) in [4.78, 5) is 13.3. The van der Waals surface area contributed by atoms with E-state index < -0.39 is 0 Å². The van der Waals surface area contributed by atoms with Gasteiger partial charge in [0.05, 0.1) is 5.52 Å². The lowest BCUT2D eigenvalue weighted by Gasteiger charge is -2.03. The Balaban J connectivity index is 2.24. The first-order chi connectivity index (χ1) is 8.76. The quantitative estimate of drug-likeness (QED) is 0.693. The predicted octanol–water partition coefficient (Wildman–Crippen LogP) is 1.99. The number of hydrogen-bond donors (Lipinski definition) is 1. The van der Waals surface area contributed by atoms with Gasteiger partial charge in [-0.05, 0) is 31.7 Å². The van der Waals surface area contributed by atoms with E-state index in [0.717, 1.165) is 27.8 Å². The Morgan fingerprint density at radius 2 is 2.00 bits per heavy atom. The van der Waals surface area contributed by atoms with E-state index in [1.54, 1.807) is 0 Å². The molecule has 3 rings (SSSR count). The average molecular weight is 238 g/mol. The number of benzene rings is 1. The maximum atomic E-state index is 5.51. The molecule has 0 aliphatic heterocycles. The number of fused-ring (bicyclic) bond motifs is 2. The van der Waals surface area contributed by atoms with Gasteiger partial charge < -0.3 is 5.73 Å². The summed E-state index contributed by atoms with van der Waals surface area (Å²) in [7, 11) is 0. The van der Waals surface area contributed by atoms with Crippen molar-refractivity contribution in [1.29, 1.82) is 0 Å². The Bertz CT molecular complexity index is 721. The van der Waals surface area contributed by atoms with E-state index in [9.17, 15) is 0 Å². The molecule has 2 N–H and O–H groups in total. The van der Waals surface area contributed by atoms with E-state index in [-0.39, 0.29) is 0 Å². The molecule has 0 aliphatic carbocycles. The lowest BCUT2D eigenvalue weighted by molar-refractivity contribution is 0.876. The zero-order valence-electron chi connectivity index (χ0n) is 10.2. The third kappa shape index (κ3) is 1.91. The van der Waals surface area contributed by atoms with Crippen molar-refractivity contribution in [2.24, 2.45) is 5.73 Å². The molecular formula is C14H14N4. The Labute approximate surface area is 105 Å². The summed E-state index contributed by atoms with van der Waals surface area (Å²) in [6, 6.07) is 8.28. The van der Waals surface area contributed by atoms with Gasteiger partial charge in [0.15, 0.2) is 5.65 Å². The Morgan fingerprint density at radius 1 is 1.11 bits per heavy atom. The van der Waals surface area contributed by atoms with Gasteiger partial charge in [-0.2, -0.15) is 0 Å². The van der Waals surface area contributed by atoms with Gasteiger partial charge in [-0.25, -0.2) is 15.0 Å². The van der Waals surface area contributed by atoms with Crippen LogP contribution in [0.3, 0.4) is 0 Å². The number of nitrogens with zero attached hydrogens (tertiary/aromatic N) is 3. The van der Waals surface area contributed by atoms with Crippen molar-refractivity contribution >= 4 is 21.9 Å². The molecule has 0 bridgehead atoms. The number of hydrogen-bond acceptors (Lipinski definition) is 4. The van der Waals surface area contributed by atoms with Crippen LogP contribution in [0.15, 0.2) is 30.5 Å². The van der Waals surface area contributed by atoms with E-state index in [4.69, 9.17) is 5.73 Å². The first kappa shape index (κ1) is 11.0. The van der Waals surface area contributed by atoms with Crippen LogP contribution in [0, 0.1) is 6.92 Å². The summed E-state index contributed by atoms with van der Waals surface area (Å²) in [6.07, 6.45) is 2.51. The molecule has 0 radical (unpaired) electrons. The van der Waals surface area contributed by atoms with Crippen LogP contribution in [0.5, 0.6) is 0 Å². The molecule has 0 aliphatic rings. The highest BCUT2D eigenvalue weighted by Gasteiger charge is 2.03. The number of rotatable bonds is 2. The SMILES string of the molecule is Cc1ccc2nc3nc(CCN)ncc3cc2c1. The minimum atomic E-state index is 0.554. The van der Waals surface area contributed by atoms with Crippen LogP contribution in [-0.4, -0.2) is 21.5 Å². The van der Waals surface area contributed by atoms with Gasteiger partial charge in [-0.1, -0.05) is 11.6 Å². The molecule has 0 saturated carbocycles. The van der Waals surface area contributed by atoms with E-state index in [1.807, 2.05) is 12.3 Å². The Hall–Kier alpha value is -2.07. The summed E-state index contributed by atoms with van der Waals surface area (Å²) in [5, 5.41) is 2.09. The van der Waals surface area contributed by atoms with Crippen LogP contribution >= 0.6 is 0 Å². The molecule has 0 unspecified atom stereocenters. The van der Waals surface area contributed by atoms with E-state index in [0.29, 0.717) is 13.0 Å². The van der Waals surface area contributed by atoms with Crippen molar-refractivity contribution in [3.05, 3.63) is 41.9 Å². The van der Waals surface area contributed by atoms with Gasteiger partial charge in [0, 0.05) is 23.4 Å². The summed E-state index contributed by atoms with van der Waals surface area (Å²) in [6.45, 7) is 2.63. The molecule has 1 aromatic carbocycles. The minimum absolute atomic E-state index is 0.554. The largest absolute Gasteiger partial charge is 0.330 e. The van der Waals surface area contributed by atoms with Crippen molar-refractivity contribution in [3.8, 4) is 0 Å². The molecule has 4 nitrogen and oxygen atoms in total. The standard InChI is InChI=1S/C14H14N4/c1-9-2-3-12-10(6-9)7-11-8-16-13(4-5-15)18-14(11)17-12/h2-3,6-8H,4-5,15H2,1H3. The summed E-state index contributed by atoms with van der Waals surface area (Å²) < 4.78 is 0. The second-order valence-electron chi connectivity index (χ2n) is 4.42. The second-order valence-corrected chi connectivity index (χ2v) is 4.42. The van der Waals surface area contributed by atoms with Crippen LogP contribution in [-0.2, 0) is 6.42 Å². The monoisotopic (exact) mass is 238 g/mol. The first-order valence-corrected chi connectivity index (χ1v) is 5.99. The molecule has 90 valence electrons. The highest BCUT2D eigenvalue weighted by molar-refractivity contribution is 5.90. The van der Waals surface area contributed by atoms with E-state index >= 15 is 0 Å². The molecule has 4 heteroatoms. The van der Waals surface area contributed by atoms with Crippen LogP contribution < -0.4 is 5.73 Å². The molecule has 0 fully saturated rings. The van der Waals surface area contributed by atoms with Gasteiger partial charge in [-0.3, -0.25) is 0 Å². The van der Waals surface area contributed by atoms with Crippen molar-refractivity contribution in [2.75, 3.05) is 6.54 Å². The number of pyridine rings is 1. The third-order valence-electron chi connectivity index (χ3n) is 2.93. The summed E-state index contributed by atoms with van der Waals surface area (Å²) in [5.41, 5.74) is 8.44. The highest BCUT2D eigenvalue weighted by atomic mass is 14.9. The molecule has 3 aromatic rings. The molecule has 2 heterocycles. The van der Waals surface area contributed by atoms with Crippen LogP contribution in [0.4, 0.5) is 0 Å². The maximum Gasteiger partial charge on any atom is 0.163 e. The molecule has 18 heavy (non-hydrogen) atoms. The van der Waals surface area contributed by atoms with Crippen molar-refractivity contribution < 1.29 is 0 Å². The molecule has 0 spiro atoms. The van der Waals surface area contributed by atoms with Gasteiger partial charge in [-0.15, -0.1) is 0 Å². The average Bonchev–Trinajstić information content (AvgIpc) is 2.37. The Morgan fingerprint density at radius 3 is 2.83 bits per heavy atom. The fourth-order valence-electron chi connectivity index (χ4n) is 2.03. The minimum Gasteiger partial charge on any atom is -0.330 e. The van der Waals surface area contributed by atoms with Gasteiger partial charge >= 0.3 is 0 Å². The van der Waals surface area contributed by atoms with Gasteiger partial charge in [0.1, 0.15) is 5.82 Å². The molecular weight excluding hydrogens is 224 g/mol. The van der Waals surface area contributed by atoms with Gasteiger partial charge in [0.25, 0.3) is 0 Å². The molecule has 0 atom stereocenters. The van der Waals surface area contributed by atoms with E-state index in [1.165, 1.54) is 5.56 Å². The van der Waals surface area contributed by atoms with E-state index in [2.05, 4.69) is 40.1 Å². The fraction of sp³-hybridized carbons (Fsp3) is 0.214. The zero-order valence-corrected chi connectivity index (χ0v) is 10.2. The second kappa shape index (κ2) is 4.31. The highest BCUT2D eigenvalue weighted by Crippen LogP contribution is 2.19. The maximum absolute atomic E-state index is 5.51. The van der Waals surface area contributed by atoms with Crippen LogP contribution in [0.25, 0.3) is 21.9 Å². The third-order valence-corrected chi connectivity index (χ3v) is 2.93. The smallest absolute Gasteiger partial charge is 0.163 e. The van der Waals surface area contributed by atoms with Gasteiger partial charge in [0.2, 0.25) is 0 Å². The summed E-state index contributed by atoms with van der Waals surface area (Å²) >= 11 is 0. The first-order valence-electron chi connectivity index (χ1n) is 5.99. The zero-order chi connectivity index (χ0) is 12.5. The Kier molecular flexibility index (Phi) is 2.64. The predicted molar refractivity (Wildman–Crippen MR) is 72.3 cm³/mol. The van der Waals surface area contributed by atoms with Crippen LogP contribution in [0.1, 0.15) is 11.4 Å². The molecule has 2 aromatic heterocycles. The summed E-state index contributed by atoms with van der Waals surface area (Å²) in [5.74, 6) is 0.754. The topological polar surface area (TPSA) is 64.7 Å². The van der Waals surface area contributed by atoms with Crippen molar-refractivity contribution in [3.63, 3.8) is 0 Å². The number of aromatic nitrogens is 3. The lowest BCUT2D eigenvalue weighted by atomic mass is 10.1. The number of aryl methyl sites for hydroxylation is 1. The fourth-order valence-corrected chi connectivity index (χ4v) is 2.03. The lowest BCUT2D eigenvalue weighted by Crippen LogP contribution is -2.06. The van der Waals surface area contributed by atoms with Crippen molar-refractivity contribution in [2.45, 2.75) is 13.3 Å². The normalized spacial score (nSPS) is 11.2. The number of nitrogens with two attached hydrogens (primary N) is 1. The molecule has 0 saturated heterocycles. The molecule has 0 amide bonds.